The smallest absolute Gasteiger partial charge is 0.324 e. The van der Waals surface area contributed by atoms with E-state index in [2.05, 4.69) is 4.98 Å². The Kier molecular flexibility index (Phi) is 5.63. The zero-order chi connectivity index (χ0) is 17.9. The minimum absolute atomic E-state index is 0.00363. The van der Waals surface area contributed by atoms with Gasteiger partial charge in [0.2, 0.25) is 0 Å². The summed E-state index contributed by atoms with van der Waals surface area (Å²) in [6.07, 6.45) is -2.46. The monoisotopic (exact) mass is 349 g/mol. The molecular formula is C15H19F4N3O2. The van der Waals surface area contributed by atoms with Crippen molar-refractivity contribution in [1.82, 2.24) is 10.3 Å². The molecule has 0 radical (unpaired) electrons. The number of halogens is 4. The summed E-state index contributed by atoms with van der Waals surface area (Å²) in [5.74, 6) is -5.20. The second-order valence-electron chi connectivity index (χ2n) is 5.81. The molecule has 134 valence electrons. The zero-order valence-corrected chi connectivity index (χ0v) is 13.3. The number of hydrogen-bond acceptors (Lipinski definition) is 4. The van der Waals surface area contributed by atoms with Gasteiger partial charge in [-0.05, 0) is 26.0 Å². The number of amides is 1. The molecule has 2 atom stereocenters. The van der Waals surface area contributed by atoms with Gasteiger partial charge in [-0.2, -0.15) is 8.78 Å². The van der Waals surface area contributed by atoms with E-state index in [1.54, 1.807) is 11.4 Å². The fourth-order valence-corrected chi connectivity index (χ4v) is 2.49. The number of morpholine rings is 1. The summed E-state index contributed by atoms with van der Waals surface area (Å²) in [6, 6.07) is 3.13. The minimum atomic E-state index is -4.28. The molecule has 1 aromatic rings. The Hall–Kier alpha value is -1.90. The molecular weight excluding hydrogens is 330 g/mol. The molecule has 1 saturated heterocycles. The number of nitrogens with one attached hydrogen (secondary N) is 1. The number of nitrogens with zero attached hydrogens (tertiary/aromatic N) is 2. The van der Waals surface area contributed by atoms with Gasteiger partial charge in [0.25, 0.3) is 5.91 Å². The molecule has 2 rings (SSSR count). The Labute approximate surface area is 137 Å². The summed E-state index contributed by atoms with van der Waals surface area (Å²) in [6.45, 7) is 3.62. The van der Waals surface area contributed by atoms with Crippen LogP contribution in [0.2, 0.25) is 0 Å². The van der Waals surface area contributed by atoms with Crippen LogP contribution in [0.15, 0.2) is 18.3 Å². The average molecular weight is 349 g/mol. The van der Waals surface area contributed by atoms with Gasteiger partial charge in [0.05, 0.1) is 18.8 Å². The number of hydrogen-bond donors (Lipinski definition) is 1. The predicted octanol–water partition coefficient (Wildman–Crippen LogP) is 2.33. The van der Waals surface area contributed by atoms with Crippen LogP contribution in [-0.2, 0) is 4.74 Å². The Morgan fingerprint density at radius 1 is 1.42 bits per heavy atom. The van der Waals surface area contributed by atoms with Crippen molar-refractivity contribution in [2.45, 2.75) is 38.4 Å². The normalized spacial score (nSPS) is 21.9. The van der Waals surface area contributed by atoms with E-state index in [1.807, 2.05) is 18.7 Å². The first-order chi connectivity index (χ1) is 11.2. The van der Waals surface area contributed by atoms with Crippen LogP contribution in [0.4, 0.5) is 23.2 Å². The van der Waals surface area contributed by atoms with Crippen molar-refractivity contribution >= 4 is 11.6 Å². The van der Waals surface area contributed by atoms with Crippen LogP contribution in [0.3, 0.4) is 0 Å². The van der Waals surface area contributed by atoms with Gasteiger partial charge >= 0.3 is 12.3 Å². The van der Waals surface area contributed by atoms with Gasteiger partial charge in [-0.3, -0.25) is 9.78 Å². The van der Waals surface area contributed by atoms with Gasteiger partial charge in [-0.25, -0.2) is 8.78 Å². The number of ether oxygens (including phenoxy) is 1. The third kappa shape index (κ3) is 4.56. The maximum absolute atomic E-state index is 12.9. The number of alkyl halides is 4. The van der Waals surface area contributed by atoms with Crippen molar-refractivity contribution in [2.24, 2.45) is 0 Å². The third-order valence-corrected chi connectivity index (χ3v) is 3.56. The van der Waals surface area contributed by atoms with E-state index >= 15 is 0 Å². The molecule has 1 N–H and O–H groups in total. The van der Waals surface area contributed by atoms with E-state index in [4.69, 9.17) is 4.74 Å². The molecule has 9 heteroatoms. The first-order valence-electron chi connectivity index (χ1n) is 7.49. The lowest BCUT2D eigenvalue weighted by Crippen LogP contribution is -2.45. The number of carbonyl (C=O) groups excluding carboxylic acids is 1. The van der Waals surface area contributed by atoms with Crippen molar-refractivity contribution in [1.29, 1.82) is 0 Å². The van der Waals surface area contributed by atoms with Gasteiger partial charge in [-0.1, -0.05) is 0 Å². The fraction of sp³-hybridized carbons (Fsp3) is 0.600. The molecule has 2 unspecified atom stereocenters. The summed E-state index contributed by atoms with van der Waals surface area (Å²) in [7, 11) is 0. The highest BCUT2D eigenvalue weighted by atomic mass is 19.3. The van der Waals surface area contributed by atoms with Crippen LogP contribution >= 0.6 is 0 Å². The van der Waals surface area contributed by atoms with Crippen molar-refractivity contribution in [3.63, 3.8) is 0 Å². The molecule has 1 aliphatic rings. The lowest BCUT2D eigenvalue weighted by molar-refractivity contribution is -0.123. The Bertz CT molecular complexity index is 576. The van der Waals surface area contributed by atoms with Crippen LogP contribution < -0.4 is 10.2 Å². The maximum atomic E-state index is 12.9. The predicted molar refractivity (Wildman–Crippen MR) is 79.7 cm³/mol. The first kappa shape index (κ1) is 18.4. The molecule has 5 nitrogen and oxygen atoms in total. The molecule has 0 saturated carbocycles. The highest BCUT2D eigenvalue weighted by molar-refractivity contribution is 5.93. The number of carbonyl (C=O) groups is 1. The molecule has 2 heterocycles. The van der Waals surface area contributed by atoms with Crippen LogP contribution in [0.25, 0.3) is 0 Å². The molecule has 1 aromatic heterocycles. The van der Waals surface area contributed by atoms with E-state index in [0.717, 1.165) is 0 Å². The molecule has 1 fully saturated rings. The lowest BCUT2D eigenvalue weighted by atomic mass is 10.2. The Balaban J connectivity index is 2.05. The lowest BCUT2D eigenvalue weighted by Gasteiger charge is -2.36. The van der Waals surface area contributed by atoms with Crippen LogP contribution in [0.1, 0.15) is 24.3 Å². The zero-order valence-electron chi connectivity index (χ0n) is 13.3. The highest BCUT2D eigenvalue weighted by Gasteiger charge is 2.41. The van der Waals surface area contributed by atoms with Gasteiger partial charge < -0.3 is 15.0 Å². The SMILES string of the molecule is CC1CN(c2ccnc(C(=O)NCC(F)(F)C(F)F)c2)CC(C)O1. The molecule has 0 bridgehead atoms. The summed E-state index contributed by atoms with van der Waals surface area (Å²) in [5.41, 5.74) is 0.585. The van der Waals surface area contributed by atoms with Crippen LogP contribution in [0, 0.1) is 0 Å². The second kappa shape index (κ2) is 7.33. The van der Waals surface area contributed by atoms with Crippen molar-refractivity contribution in [3.05, 3.63) is 24.0 Å². The van der Waals surface area contributed by atoms with E-state index in [1.165, 1.54) is 12.3 Å². The molecule has 0 aliphatic carbocycles. The molecule has 0 aromatic carbocycles. The second-order valence-corrected chi connectivity index (χ2v) is 5.81. The van der Waals surface area contributed by atoms with Gasteiger partial charge in [0, 0.05) is 25.0 Å². The van der Waals surface area contributed by atoms with E-state index in [0.29, 0.717) is 18.8 Å². The number of pyridine rings is 1. The largest absolute Gasteiger partial charge is 0.372 e. The Morgan fingerprint density at radius 2 is 2.04 bits per heavy atom. The number of aromatic nitrogens is 1. The quantitative estimate of drug-likeness (QED) is 0.829. The minimum Gasteiger partial charge on any atom is -0.372 e. The summed E-state index contributed by atoms with van der Waals surface area (Å²) >= 11 is 0. The van der Waals surface area contributed by atoms with Gasteiger partial charge in [0.1, 0.15) is 5.69 Å². The van der Waals surface area contributed by atoms with E-state index in [-0.39, 0.29) is 17.9 Å². The maximum Gasteiger partial charge on any atom is 0.324 e. The van der Waals surface area contributed by atoms with Crippen molar-refractivity contribution < 1.29 is 27.1 Å². The fourth-order valence-electron chi connectivity index (χ4n) is 2.49. The molecule has 1 amide bonds. The average Bonchev–Trinajstić information content (AvgIpc) is 2.51. The third-order valence-electron chi connectivity index (χ3n) is 3.56. The van der Waals surface area contributed by atoms with Crippen molar-refractivity contribution in [3.8, 4) is 0 Å². The molecule has 24 heavy (non-hydrogen) atoms. The molecule has 1 aliphatic heterocycles. The number of rotatable bonds is 5. The van der Waals surface area contributed by atoms with Crippen LogP contribution in [0.5, 0.6) is 0 Å². The number of anilines is 1. The van der Waals surface area contributed by atoms with Gasteiger partial charge in [-0.15, -0.1) is 0 Å². The van der Waals surface area contributed by atoms with E-state index < -0.39 is 24.8 Å². The van der Waals surface area contributed by atoms with Gasteiger partial charge in [0.15, 0.2) is 0 Å². The van der Waals surface area contributed by atoms with Crippen LogP contribution in [-0.4, -0.2) is 55.1 Å². The highest BCUT2D eigenvalue weighted by Crippen LogP contribution is 2.22. The Morgan fingerprint density at radius 3 is 2.62 bits per heavy atom. The first-order valence-corrected chi connectivity index (χ1v) is 7.49. The summed E-state index contributed by atoms with van der Waals surface area (Å²) < 4.78 is 55.6. The topological polar surface area (TPSA) is 54.5 Å². The summed E-state index contributed by atoms with van der Waals surface area (Å²) in [5, 5.41) is 1.79. The standard InChI is InChI=1S/C15H19F4N3O2/c1-9-6-22(7-10(2)24-9)11-3-4-20-12(5-11)13(23)21-8-15(18,19)14(16)17/h3-5,9-10,14H,6-8H2,1-2H3,(H,21,23). The summed E-state index contributed by atoms with van der Waals surface area (Å²) in [4.78, 5) is 17.7. The van der Waals surface area contributed by atoms with E-state index in [9.17, 15) is 22.4 Å². The van der Waals surface area contributed by atoms with Crippen molar-refractivity contribution in [2.75, 3.05) is 24.5 Å². The molecule has 0 spiro atoms.